The fourth-order valence-electron chi connectivity index (χ4n) is 3.01. The highest BCUT2D eigenvalue weighted by Gasteiger charge is 2.23. The summed E-state index contributed by atoms with van der Waals surface area (Å²) >= 11 is 0. The summed E-state index contributed by atoms with van der Waals surface area (Å²) in [5, 5.41) is 2.87. The average Bonchev–Trinajstić information content (AvgIpc) is 3.26. The van der Waals surface area contributed by atoms with Crippen molar-refractivity contribution >= 4 is 21.6 Å². The van der Waals surface area contributed by atoms with Gasteiger partial charge in [0.15, 0.2) is 0 Å². The van der Waals surface area contributed by atoms with Gasteiger partial charge < -0.3 is 9.73 Å². The van der Waals surface area contributed by atoms with Crippen LogP contribution in [0.25, 0.3) is 0 Å². The Balaban J connectivity index is 1.63. The van der Waals surface area contributed by atoms with Crippen molar-refractivity contribution in [2.24, 2.45) is 0 Å². The third-order valence-corrected chi connectivity index (χ3v) is 6.42. The molecule has 3 rings (SSSR count). The van der Waals surface area contributed by atoms with Crippen LogP contribution in [0, 0.1) is 0 Å². The molecule has 0 saturated carbocycles. The number of nitrogens with zero attached hydrogens (tertiary/aromatic N) is 1. The van der Waals surface area contributed by atoms with Crippen LogP contribution in [-0.2, 0) is 16.4 Å². The number of nitrogens with one attached hydrogen (secondary N) is 1. The molecule has 0 saturated heterocycles. The highest BCUT2D eigenvalue weighted by atomic mass is 32.2. The van der Waals surface area contributed by atoms with E-state index in [1.807, 2.05) is 12.1 Å². The van der Waals surface area contributed by atoms with Crippen molar-refractivity contribution in [1.29, 1.82) is 0 Å². The standard InChI is InChI=1S/C22H24N2O4S/c1-2-24(29(26,27)21-10-4-3-5-11-21)19-14-12-18(13-15-19)22(25)23-16-6-8-20-9-7-17-28-20/h3-5,7,9-15,17H,2,6,8,16H2,1H3,(H,23,25). The molecule has 0 aliphatic carbocycles. The third-order valence-electron chi connectivity index (χ3n) is 4.50. The Morgan fingerprint density at radius 1 is 1.00 bits per heavy atom. The molecule has 0 spiro atoms. The first kappa shape index (κ1) is 20.7. The van der Waals surface area contributed by atoms with Gasteiger partial charge in [0.1, 0.15) is 5.76 Å². The number of carbonyl (C=O) groups is 1. The van der Waals surface area contributed by atoms with Crippen LogP contribution in [-0.4, -0.2) is 27.4 Å². The molecule has 1 aromatic heterocycles. The molecule has 152 valence electrons. The van der Waals surface area contributed by atoms with Crippen molar-refractivity contribution in [3.8, 4) is 0 Å². The largest absolute Gasteiger partial charge is 0.469 e. The van der Waals surface area contributed by atoms with Crippen LogP contribution in [0.15, 0.2) is 82.3 Å². The molecule has 0 aliphatic heterocycles. The van der Waals surface area contributed by atoms with Gasteiger partial charge in [0.05, 0.1) is 16.8 Å². The highest BCUT2D eigenvalue weighted by Crippen LogP contribution is 2.23. The van der Waals surface area contributed by atoms with Gasteiger partial charge in [-0.3, -0.25) is 9.10 Å². The van der Waals surface area contributed by atoms with Crippen molar-refractivity contribution in [3.05, 3.63) is 84.3 Å². The summed E-state index contributed by atoms with van der Waals surface area (Å²) in [6, 6.07) is 18.6. The summed E-state index contributed by atoms with van der Waals surface area (Å²) in [6.07, 6.45) is 3.17. The molecule has 0 unspecified atom stereocenters. The van der Waals surface area contributed by atoms with Crippen LogP contribution in [0.2, 0.25) is 0 Å². The van der Waals surface area contributed by atoms with E-state index in [9.17, 15) is 13.2 Å². The van der Waals surface area contributed by atoms with Crippen molar-refractivity contribution in [3.63, 3.8) is 0 Å². The topological polar surface area (TPSA) is 79.6 Å². The van der Waals surface area contributed by atoms with Crippen LogP contribution in [0.1, 0.15) is 29.5 Å². The quantitative estimate of drug-likeness (QED) is 0.541. The van der Waals surface area contributed by atoms with E-state index in [4.69, 9.17) is 4.42 Å². The molecular weight excluding hydrogens is 388 g/mol. The second-order valence-electron chi connectivity index (χ2n) is 6.47. The molecule has 0 atom stereocenters. The number of aryl methyl sites for hydroxylation is 1. The molecule has 6 nitrogen and oxygen atoms in total. The molecule has 29 heavy (non-hydrogen) atoms. The number of amides is 1. The van der Waals surface area contributed by atoms with Crippen LogP contribution in [0.4, 0.5) is 5.69 Å². The van der Waals surface area contributed by atoms with Gasteiger partial charge >= 0.3 is 0 Å². The van der Waals surface area contributed by atoms with Gasteiger partial charge in [-0.25, -0.2) is 8.42 Å². The normalized spacial score (nSPS) is 11.2. The fraction of sp³-hybridized carbons (Fsp3) is 0.227. The lowest BCUT2D eigenvalue weighted by Gasteiger charge is -2.23. The van der Waals surface area contributed by atoms with E-state index in [1.54, 1.807) is 67.8 Å². The average molecular weight is 413 g/mol. The summed E-state index contributed by atoms with van der Waals surface area (Å²) < 4.78 is 32.4. The lowest BCUT2D eigenvalue weighted by Crippen LogP contribution is -2.31. The smallest absolute Gasteiger partial charge is 0.264 e. The SMILES string of the molecule is CCN(c1ccc(C(=O)NCCCc2ccco2)cc1)S(=O)(=O)c1ccccc1. The molecule has 0 bridgehead atoms. The zero-order valence-electron chi connectivity index (χ0n) is 16.2. The second-order valence-corrected chi connectivity index (χ2v) is 8.33. The molecule has 0 aliphatic rings. The number of furan rings is 1. The van der Waals surface area contributed by atoms with E-state index >= 15 is 0 Å². The minimum atomic E-state index is -3.65. The zero-order valence-corrected chi connectivity index (χ0v) is 17.1. The van der Waals surface area contributed by atoms with E-state index in [0.717, 1.165) is 18.6 Å². The Kier molecular flexibility index (Phi) is 6.72. The maximum absolute atomic E-state index is 12.9. The first-order chi connectivity index (χ1) is 14.0. The molecule has 7 heteroatoms. The Morgan fingerprint density at radius 3 is 2.34 bits per heavy atom. The van der Waals surface area contributed by atoms with Gasteiger partial charge in [0.25, 0.3) is 15.9 Å². The van der Waals surface area contributed by atoms with Gasteiger partial charge in [-0.1, -0.05) is 18.2 Å². The maximum atomic E-state index is 12.9. The van der Waals surface area contributed by atoms with Crippen molar-refractivity contribution < 1.29 is 17.6 Å². The van der Waals surface area contributed by atoms with E-state index in [2.05, 4.69) is 5.32 Å². The summed E-state index contributed by atoms with van der Waals surface area (Å²) in [4.78, 5) is 12.5. The Labute approximate surface area is 171 Å². The van der Waals surface area contributed by atoms with Crippen LogP contribution in [0.3, 0.4) is 0 Å². The molecule has 2 aromatic carbocycles. The Morgan fingerprint density at radius 2 is 1.72 bits per heavy atom. The number of hydrogen-bond acceptors (Lipinski definition) is 4. The fourth-order valence-corrected chi connectivity index (χ4v) is 4.51. The third kappa shape index (κ3) is 5.06. The first-order valence-electron chi connectivity index (χ1n) is 9.51. The first-order valence-corrected chi connectivity index (χ1v) is 10.9. The van der Waals surface area contributed by atoms with Gasteiger partial charge in [-0.2, -0.15) is 0 Å². The van der Waals surface area contributed by atoms with E-state index in [-0.39, 0.29) is 17.3 Å². The van der Waals surface area contributed by atoms with E-state index < -0.39 is 10.0 Å². The zero-order chi connectivity index (χ0) is 20.7. The molecule has 1 N–H and O–H groups in total. The summed E-state index contributed by atoms with van der Waals surface area (Å²) in [5.74, 6) is 0.702. The number of benzene rings is 2. The molecule has 0 fully saturated rings. The van der Waals surface area contributed by atoms with Crippen LogP contribution >= 0.6 is 0 Å². The van der Waals surface area contributed by atoms with Gasteiger partial charge in [0.2, 0.25) is 0 Å². The van der Waals surface area contributed by atoms with Crippen LogP contribution in [0.5, 0.6) is 0 Å². The second kappa shape index (κ2) is 9.43. The minimum Gasteiger partial charge on any atom is -0.469 e. The number of hydrogen-bond donors (Lipinski definition) is 1. The number of rotatable bonds is 9. The molecular formula is C22H24N2O4S. The molecule has 3 aromatic rings. The van der Waals surface area contributed by atoms with E-state index in [1.165, 1.54) is 4.31 Å². The predicted octanol–water partition coefficient (Wildman–Crippen LogP) is 3.86. The Hall–Kier alpha value is -3.06. The molecule has 1 heterocycles. The van der Waals surface area contributed by atoms with Gasteiger partial charge in [-0.05, 0) is 61.9 Å². The molecule has 0 radical (unpaired) electrons. The molecule has 1 amide bonds. The van der Waals surface area contributed by atoms with Crippen molar-refractivity contribution in [2.45, 2.75) is 24.7 Å². The lowest BCUT2D eigenvalue weighted by atomic mass is 10.2. The Bertz CT molecular complexity index is 1010. The minimum absolute atomic E-state index is 0.190. The summed E-state index contributed by atoms with van der Waals surface area (Å²) in [5.41, 5.74) is 1.01. The highest BCUT2D eigenvalue weighted by molar-refractivity contribution is 7.92. The number of carbonyl (C=O) groups excluding carboxylic acids is 1. The number of sulfonamides is 1. The summed E-state index contributed by atoms with van der Waals surface area (Å²) in [7, 11) is -3.65. The van der Waals surface area contributed by atoms with Crippen molar-refractivity contribution in [2.75, 3.05) is 17.4 Å². The van der Waals surface area contributed by atoms with Gasteiger partial charge in [0, 0.05) is 25.1 Å². The van der Waals surface area contributed by atoms with Crippen molar-refractivity contribution in [1.82, 2.24) is 5.32 Å². The van der Waals surface area contributed by atoms with Crippen LogP contribution < -0.4 is 9.62 Å². The maximum Gasteiger partial charge on any atom is 0.264 e. The van der Waals surface area contributed by atoms with E-state index in [0.29, 0.717) is 17.8 Å². The monoisotopic (exact) mass is 412 g/mol. The predicted molar refractivity (Wildman–Crippen MR) is 112 cm³/mol. The van der Waals surface area contributed by atoms with Gasteiger partial charge in [-0.15, -0.1) is 0 Å². The number of anilines is 1. The lowest BCUT2D eigenvalue weighted by molar-refractivity contribution is 0.0953. The summed E-state index contributed by atoms with van der Waals surface area (Å²) in [6.45, 7) is 2.60.